The molecule has 1 fully saturated rings. The Kier molecular flexibility index (Phi) is 7.24. The van der Waals surface area contributed by atoms with Gasteiger partial charge in [0.1, 0.15) is 10.4 Å². The van der Waals surface area contributed by atoms with E-state index in [2.05, 4.69) is 32.1 Å². The van der Waals surface area contributed by atoms with Crippen LogP contribution in [-0.2, 0) is 16.0 Å². The average Bonchev–Trinajstić information content (AvgIpc) is 3.32. The van der Waals surface area contributed by atoms with Crippen molar-refractivity contribution in [1.82, 2.24) is 19.8 Å². The molecule has 0 atom stereocenters. The smallest absolute Gasteiger partial charge is 0.369 e. The topological polar surface area (TPSA) is 98.7 Å². The minimum absolute atomic E-state index is 0.0123. The maximum atomic E-state index is 13.9. The highest BCUT2D eigenvalue weighted by atomic mass is 35.5. The second-order valence-corrected chi connectivity index (χ2v) is 12.9. The Labute approximate surface area is 232 Å². The number of nitrogens with one attached hydrogen (secondary N) is 1. The molecule has 0 radical (unpaired) electrons. The molecule has 2 aliphatic rings. The number of amides is 1. The maximum absolute atomic E-state index is 13.9. The van der Waals surface area contributed by atoms with Crippen molar-refractivity contribution in [3.05, 3.63) is 45.9 Å². The van der Waals surface area contributed by atoms with E-state index < -0.39 is 33.2 Å². The standard InChI is InChI=1S/C24H24ClF3N6O3S2/c1-32-5-7-34(8-6-32)14-3-4-17(16(25)11-14)30-23-29-13-15(24(26,27)28)20(31-23)18-12-19-21(38-18)22(35)33(2)9-10-39(19,36)37/h3-4,11-13H,5-10H2,1-2H3,(H,29,30,31). The number of halogens is 4. The van der Waals surface area contributed by atoms with E-state index in [0.717, 1.165) is 37.9 Å². The van der Waals surface area contributed by atoms with Gasteiger partial charge in [-0.15, -0.1) is 11.3 Å². The van der Waals surface area contributed by atoms with Crippen LogP contribution in [0.3, 0.4) is 0 Å². The molecular formula is C24H24ClF3N6O3S2. The molecule has 0 aliphatic carbocycles. The Morgan fingerprint density at radius 1 is 1.08 bits per heavy atom. The minimum Gasteiger partial charge on any atom is -0.369 e. The first-order valence-corrected chi connectivity index (χ1v) is 14.7. The highest BCUT2D eigenvalue weighted by Gasteiger charge is 2.38. The van der Waals surface area contributed by atoms with Gasteiger partial charge in [-0.1, -0.05) is 11.6 Å². The Morgan fingerprint density at radius 2 is 1.79 bits per heavy atom. The van der Waals surface area contributed by atoms with Gasteiger partial charge >= 0.3 is 6.18 Å². The van der Waals surface area contributed by atoms with Gasteiger partial charge in [0.25, 0.3) is 5.91 Å². The normalized spacial score (nSPS) is 18.2. The number of carbonyl (C=O) groups excluding carboxylic acids is 1. The number of nitrogens with zero attached hydrogens (tertiary/aromatic N) is 5. The van der Waals surface area contributed by atoms with Gasteiger partial charge < -0.3 is 20.0 Å². The summed E-state index contributed by atoms with van der Waals surface area (Å²) in [6.07, 6.45) is -4.19. The Morgan fingerprint density at radius 3 is 2.46 bits per heavy atom. The molecule has 9 nitrogen and oxygen atoms in total. The summed E-state index contributed by atoms with van der Waals surface area (Å²) in [5.41, 5.74) is -0.377. The van der Waals surface area contributed by atoms with Crippen molar-refractivity contribution in [3.8, 4) is 10.6 Å². The lowest BCUT2D eigenvalue weighted by atomic mass is 10.2. The average molecular weight is 601 g/mol. The fourth-order valence-electron chi connectivity index (χ4n) is 4.34. The highest BCUT2D eigenvalue weighted by molar-refractivity contribution is 7.91. The molecule has 15 heteroatoms. The predicted molar refractivity (Wildman–Crippen MR) is 144 cm³/mol. The molecule has 0 unspecified atom stereocenters. The van der Waals surface area contributed by atoms with Crippen LogP contribution in [0.5, 0.6) is 0 Å². The predicted octanol–water partition coefficient (Wildman–Crippen LogP) is 4.23. The van der Waals surface area contributed by atoms with Crippen molar-refractivity contribution in [2.75, 3.05) is 62.8 Å². The molecule has 2 aliphatic heterocycles. The van der Waals surface area contributed by atoms with Crippen LogP contribution in [0, 0.1) is 0 Å². The van der Waals surface area contributed by atoms with Crippen molar-refractivity contribution in [3.63, 3.8) is 0 Å². The lowest BCUT2D eigenvalue weighted by molar-refractivity contribution is -0.137. The van der Waals surface area contributed by atoms with Gasteiger partial charge in [0.15, 0.2) is 9.84 Å². The summed E-state index contributed by atoms with van der Waals surface area (Å²) in [6.45, 7) is 3.49. The zero-order valence-electron chi connectivity index (χ0n) is 20.9. The van der Waals surface area contributed by atoms with E-state index >= 15 is 0 Å². The Balaban J connectivity index is 1.51. The molecule has 208 valence electrons. The number of rotatable bonds is 4. The molecule has 1 N–H and O–H groups in total. The van der Waals surface area contributed by atoms with E-state index in [4.69, 9.17) is 11.6 Å². The number of fused-ring (bicyclic) bond motifs is 1. The fraction of sp³-hybridized carbons (Fsp3) is 0.375. The summed E-state index contributed by atoms with van der Waals surface area (Å²) < 4.78 is 67.3. The van der Waals surface area contributed by atoms with Gasteiger partial charge in [0.2, 0.25) is 5.95 Å². The van der Waals surface area contributed by atoms with Crippen LogP contribution in [0.15, 0.2) is 35.4 Å². The summed E-state index contributed by atoms with van der Waals surface area (Å²) >= 11 is 7.15. The number of anilines is 3. The van der Waals surface area contributed by atoms with E-state index in [0.29, 0.717) is 28.2 Å². The third-order valence-corrected chi connectivity index (χ3v) is 9.95. The van der Waals surface area contributed by atoms with E-state index in [1.165, 1.54) is 11.9 Å². The first-order valence-electron chi connectivity index (χ1n) is 11.9. The van der Waals surface area contributed by atoms with Gasteiger partial charge in [-0.05, 0) is 31.3 Å². The molecule has 0 spiro atoms. The van der Waals surface area contributed by atoms with Gasteiger partial charge in [-0.3, -0.25) is 4.79 Å². The van der Waals surface area contributed by atoms with E-state index in [-0.39, 0.29) is 32.9 Å². The second kappa shape index (κ2) is 10.2. The van der Waals surface area contributed by atoms with Crippen LogP contribution in [0.1, 0.15) is 15.2 Å². The number of alkyl halides is 3. The lowest BCUT2D eigenvalue weighted by Crippen LogP contribution is -2.44. The quantitative estimate of drug-likeness (QED) is 0.475. The summed E-state index contributed by atoms with van der Waals surface area (Å²) in [5.74, 6) is -1.07. The number of likely N-dealkylation sites (N-methyl/N-ethyl adjacent to an activating group) is 1. The monoisotopic (exact) mass is 600 g/mol. The molecule has 3 aromatic rings. The first-order chi connectivity index (χ1) is 18.3. The lowest BCUT2D eigenvalue weighted by Gasteiger charge is -2.34. The third-order valence-electron chi connectivity index (χ3n) is 6.66. The summed E-state index contributed by atoms with van der Waals surface area (Å²) in [4.78, 5) is 25.8. The molecule has 5 rings (SSSR count). The number of hydrogen-bond acceptors (Lipinski definition) is 9. The highest BCUT2D eigenvalue weighted by Crippen LogP contribution is 2.42. The van der Waals surface area contributed by atoms with Gasteiger partial charge in [0, 0.05) is 51.7 Å². The SMILES string of the molecule is CN1CCN(c2ccc(Nc3ncc(C(F)(F)F)c(-c4cc5c(s4)C(=O)N(C)CCS5(=O)=O)n3)c(Cl)c2)CC1. The number of sulfone groups is 1. The van der Waals surface area contributed by atoms with Crippen LogP contribution in [-0.4, -0.2) is 86.7 Å². The molecule has 0 bridgehead atoms. The molecule has 1 amide bonds. The zero-order chi connectivity index (χ0) is 28.1. The van der Waals surface area contributed by atoms with Crippen LogP contribution in [0.2, 0.25) is 5.02 Å². The molecule has 1 aromatic carbocycles. The second-order valence-electron chi connectivity index (χ2n) is 9.38. The number of hydrogen-bond donors (Lipinski definition) is 1. The minimum atomic E-state index is -4.82. The van der Waals surface area contributed by atoms with E-state index in [9.17, 15) is 26.4 Å². The molecule has 1 saturated heterocycles. The van der Waals surface area contributed by atoms with Gasteiger partial charge in [-0.25, -0.2) is 18.4 Å². The van der Waals surface area contributed by atoms with Crippen molar-refractivity contribution >= 4 is 56.0 Å². The third kappa shape index (κ3) is 5.55. The number of carbonyl (C=O) groups is 1. The van der Waals surface area contributed by atoms with Crippen molar-refractivity contribution < 1.29 is 26.4 Å². The van der Waals surface area contributed by atoms with Crippen LogP contribution in [0.4, 0.5) is 30.5 Å². The van der Waals surface area contributed by atoms with Crippen molar-refractivity contribution in [2.45, 2.75) is 11.1 Å². The Bertz CT molecular complexity index is 1540. The molecular weight excluding hydrogens is 577 g/mol. The molecule has 0 saturated carbocycles. The summed E-state index contributed by atoms with van der Waals surface area (Å²) in [5, 5.41) is 3.20. The van der Waals surface area contributed by atoms with Crippen LogP contribution >= 0.6 is 22.9 Å². The number of benzene rings is 1. The largest absolute Gasteiger partial charge is 0.420 e. The Hall–Kier alpha value is -2.94. The van der Waals surface area contributed by atoms with Crippen molar-refractivity contribution in [2.24, 2.45) is 0 Å². The van der Waals surface area contributed by atoms with E-state index in [1.807, 2.05) is 6.07 Å². The maximum Gasteiger partial charge on any atom is 0.420 e. The molecule has 2 aromatic heterocycles. The molecule has 4 heterocycles. The zero-order valence-corrected chi connectivity index (χ0v) is 23.3. The first kappa shape index (κ1) is 27.6. The van der Waals surface area contributed by atoms with Gasteiger partial charge in [-0.2, -0.15) is 13.2 Å². The number of aromatic nitrogens is 2. The number of piperazine rings is 1. The summed E-state index contributed by atoms with van der Waals surface area (Å²) in [6, 6.07) is 6.41. The number of thiophene rings is 1. The fourth-order valence-corrected chi connectivity index (χ4v) is 7.59. The molecule has 39 heavy (non-hydrogen) atoms. The van der Waals surface area contributed by atoms with Gasteiger partial charge in [0.05, 0.1) is 31.9 Å². The van der Waals surface area contributed by atoms with Crippen LogP contribution in [0.25, 0.3) is 10.6 Å². The van der Waals surface area contributed by atoms with E-state index in [1.54, 1.807) is 12.1 Å². The van der Waals surface area contributed by atoms with Crippen LogP contribution < -0.4 is 10.2 Å². The van der Waals surface area contributed by atoms with Crippen molar-refractivity contribution in [1.29, 1.82) is 0 Å². The summed E-state index contributed by atoms with van der Waals surface area (Å²) in [7, 11) is -0.380.